The zero-order chi connectivity index (χ0) is 8.69. The van der Waals surface area contributed by atoms with Gasteiger partial charge in [-0.25, -0.2) is 0 Å². The van der Waals surface area contributed by atoms with E-state index in [1.165, 1.54) is 11.9 Å². The van der Waals surface area contributed by atoms with Crippen molar-refractivity contribution in [1.82, 2.24) is 4.72 Å². The average molecular weight is 251 g/mol. The number of nitrogens with two attached hydrogens (primary N) is 1. The molecule has 13 heavy (non-hydrogen) atoms. The van der Waals surface area contributed by atoms with Gasteiger partial charge in [0.15, 0.2) is 0 Å². The average Bonchev–Trinajstić information content (AvgIpc) is 2.00. The molecule has 3 N–H and O–H groups in total. The minimum atomic E-state index is -0.267. The summed E-state index contributed by atoms with van der Waals surface area (Å²) in [6.45, 7) is 2.41. The molecule has 0 fully saturated rings. The van der Waals surface area contributed by atoms with E-state index in [-0.39, 0.29) is 36.8 Å². The standard InChI is InChI=1S/C6H14N2O2S.2ClH/c1-5(8-11-2)6(9)10-4-3-7;;/h5,8H,3-4,7H2,1-2H3;2*1H. The lowest BCUT2D eigenvalue weighted by Gasteiger charge is -2.09. The molecule has 0 aromatic heterocycles. The predicted octanol–water partition coefficient (Wildman–Crippen LogP) is 0.588. The Bertz CT molecular complexity index is 129. The molecule has 1 unspecified atom stereocenters. The van der Waals surface area contributed by atoms with Crippen LogP contribution in [0.3, 0.4) is 0 Å². The van der Waals surface area contributed by atoms with E-state index in [2.05, 4.69) is 4.72 Å². The quantitative estimate of drug-likeness (QED) is 0.553. The maximum atomic E-state index is 10.9. The van der Waals surface area contributed by atoms with E-state index in [4.69, 9.17) is 10.5 Å². The Morgan fingerprint density at radius 1 is 1.62 bits per heavy atom. The van der Waals surface area contributed by atoms with Crippen LogP contribution in [0.2, 0.25) is 0 Å². The number of hydrogen-bond donors (Lipinski definition) is 2. The van der Waals surface area contributed by atoms with E-state index in [0.717, 1.165) is 0 Å². The summed E-state index contributed by atoms with van der Waals surface area (Å²) in [6.07, 6.45) is 1.85. The molecule has 7 heteroatoms. The second-order valence-corrected chi connectivity index (χ2v) is 2.64. The minimum Gasteiger partial charge on any atom is -0.463 e. The molecule has 1 atom stereocenters. The van der Waals surface area contributed by atoms with Crippen LogP contribution in [0.1, 0.15) is 6.92 Å². The Labute approximate surface area is 95.3 Å². The van der Waals surface area contributed by atoms with E-state index in [9.17, 15) is 4.79 Å². The highest BCUT2D eigenvalue weighted by molar-refractivity contribution is 7.96. The maximum absolute atomic E-state index is 10.9. The number of nitrogens with one attached hydrogen (secondary N) is 1. The van der Waals surface area contributed by atoms with Crippen LogP contribution in [0.4, 0.5) is 0 Å². The van der Waals surface area contributed by atoms with Crippen LogP contribution in [0.25, 0.3) is 0 Å². The van der Waals surface area contributed by atoms with Crippen molar-refractivity contribution in [2.24, 2.45) is 5.73 Å². The SMILES string of the molecule is CSNC(C)C(=O)OCCN.Cl.Cl. The number of ether oxygens (including phenoxy) is 1. The smallest absolute Gasteiger partial charge is 0.323 e. The van der Waals surface area contributed by atoms with Gasteiger partial charge < -0.3 is 10.5 Å². The fraction of sp³-hybridized carbons (Fsp3) is 0.833. The summed E-state index contributed by atoms with van der Waals surface area (Å²) in [4.78, 5) is 10.9. The molecule has 0 aliphatic carbocycles. The molecule has 0 heterocycles. The Morgan fingerprint density at radius 3 is 2.54 bits per heavy atom. The molecule has 0 bridgehead atoms. The monoisotopic (exact) mass is 250 g/mol. The second-order valence-electron chi connectivity index (χ2n) is 2.00. The van der Waals surface area contributed by atoms with Crippen molar-refractivity contribution in [2.45, 2.75) is 13.0 Å². The summed E-state index contributed by atoms with van der Waals surface area (Å²) in [5, 5.41) is 0. The van der Waals surface area contributed by atoms with Crippen molar-refractivity contribution in [3.05, 3.63) is 0 Å². The molecule has 0 radical (unpaired) electrons. The van der Waals surface area contributed by atoms with Gasteiger partial charge in [0.05, 0.1) is 0 Å². The normalized spacial score (nSPS) is 10.7. The van der Waals surface area contributed by atoms with Crippen molar-refractivity contribution in [1.29, 1.82) is 0 Å². The third-order valence-corrected chi connectivity index (χ3v) is 1.60. The topological polar surface area (TPSA) is 64.3 Å². The van der Waals surface area contributed by atoms with Crippen molar-refractivity contribution < 1.29 is 9.53 Å². The third-order valence-electron chi connectivity index (χ3n) is 1.01. The van der Waals surface area contributed by atoms with Gasteiger partial charge in [-0.3, -0.25) is 9.52 Å². The number of rotatable bonds is 5. The molecular weight excluding hydrogens is 235 g/mol. The van der Waals surface area contributed by atoms with E-state index in [0.29, 0.717) is 13.2 Å². The number of carbonyl (C=O) groups excluding carboxylic acids is 1. The molecule has 0 aliphatic rings. The molecule has 0 saturated heterocycles. The summed E-state index contributed by atoms with van der Waals surface area (Å²) in [6, 6.07) is -0.267. The van der Waals surface area contributed by atoms with Crippen molar-refractivity contribution in [3.8, 4) is 0 Å². The highest BCUT2D eigenvalue weighted by Gasteiger charge is 2.11. The first-order chi connectivity index (χ1) is 5.22. The van der Waals surface area contributed by atoms with Gasteiger partial charge in [-0.05, 0) is 13.2 Å². The third kappa shape index (κ3) is 10.2. The van der Waals surface area contributed by atoms with Crippen LogP contribution >= 0.6 is 36.8 Å². The van der Waals surface area contributed by atoms with Crippen LogP contribution in [0.15, 0.2) is 0 Å². The zero-order valence-corrected chi connectivity index (χ0v) is 10.1. The number of halogens is 2. The van der Waals surface area contributed by atoms with Crippen LogP contribution in [0, 0.1) is 0 Å². The molecule has 4 nitrogen and oxygen atoms in total. The molecule has 82 valence electrons. The number of hydrogen-bond acceptors (Lipinski definition) is 5. The lowest BCUT2D eigenvalue weighted by molar-refractivity contribution is -0.144. The van der Waals surface area contributed by atoms with Gasteiger partial charge in [0.2, 0.25) is 0 Å². The Kier molecular flexibility index (Phi) is 18.0. The van der Waals surface area contributed by atoms with Crippen LogP contribution in [-0.2, 0) is 9.53 Å². The molecule has 0 aromatic carbocycles. The van der Waals surface area contributed by atoms with E-state index in [1.54, 1.807) is 6.92 Å². The molecule has 0 amide bonds. The van der Waals surface area contributed by atoms with Crippen molar-refractivity contribution in [2.75, 3.05) is 19.4 Å². The fourth-order valence-corrected chi connectivity index (χ4v) is 0.959. The van der Waals surface area contributed by atoms with Gasteiger partial charge in [-0.2, -0.15) is 0 Å². The molecule has 0 rings (SSSR count). The van der Waals surface area contributed by atoms with Gasteiger partial charge in [-0.15, -0.1) is 24.8 Å². The Balaban J connectivity index is -0.000000500. The Morgan fingerprint density at radius 2 is 2.15 bits per heavy atom. The Hall–Kier alpha value is 0.320. The van der Waals surface area contributed by atoms with E-state index in [1.807, 2.05) is 6.26 Å². The van der Waals surface area contributed by atoms with Crippen LogP contribution < -0.4 is 10.5 Å². The first-order valence-electron chi connectivity index (χ1n) is 3.37. The van der Waals surface area contributed by atoms with Crippen molar-refractivity contribution >= 4 is 42.7 Å². The minimum absolute atomic E-state index is 0. The van der Waals surface area contributed by atoms with Gasteiger partial charge >= 0.3 is 5.97 Å². The molecule has 0 aromatic rings. The summed E-state index contributed by atoms with van der Waals surface area (Å²) >= 11 is 1.39. The van der Waals surface area contributed by atoms with Crippen LogP contribution in [0.5, 0.6) is 0 Å². The molecular formula is C6H16Cl2N2O2S. The highest BCUT2D eigenvalue weighted by atomic mass is 35.5. The molecule has 0 saturated carbocycles. The fourth-order valence-electron chi connectivity index (χ4n) is 0.509. The zero-order valence-electron chi connectivity index (χ0n) is 7.61. The first kappa shape index (κ1) is 19.0. The largest absolute Gasteiger partial charge is 0.463 e. The summed E-state index contributed by atoms with van der Waals surface area (Å²) in [5.74, 6) is -0.259. The van der Waals surface area contributed by atoms with Gasteiger partial charge in [-0.1, -0.05) is 11.9 Å². The maximum Gasteiger partial charge on any atom is 0.323 e. The van der Waals surface area contributed by atoms with E-state index < -0.39 is 0 Å². The molecule has 0 spiro atoms. The van der Waals surface area contributed by atoms with Gasteiger partial charge in [0.1, 0.15) is 12.6 Å². The predicted molar refractivity (Wildman–Crippen MR) is 60.6 cm³/mol. The lowest BCUT2D eigenvalue weighted by atomic mass is 10.4. The number of esters is 1. The second kappa shape index (κ2) is 12.3. The van der Waals surface area contributed by atoms with Gasteiger partial charge in [0, 0.05) is 6.54 Å². The summed E-state index contributed by atoms with van der Waals surface area (Å²) in [7, 11) is 0. The van der Waals surface area contributed by atoms with E-state index >= 15 is 0 Å². The number of carbonyl (C=O) groups is 1. The first-order valence-corrected chi connectivity index (χ1v) is 4.60. The van der Waals surface area contributed by atoms with Gasteiger partial charge in [0.25, 0.3) is 0 Å². The molecule has 0 aliphatic heterocycles. The summed E-state index contributed by atoms with van der Waals surface area (Å²) < 4.78 is 7.62. The summed E-state index contributed by atoms with van der Waals surface area (Å²) in [5.41, 5.74) is 5.15. The van der Waals surface area contributed by atoms with Crippen LogP contribution in [-0.4, -0.2) is 31.4 Å². The van der Waals surface area contributed by atoms with Crippen molar-refractivity contribution in [3.63, 3.8) is 0 Å². The highest BCUT2D eigenvalue weighted by Crippen LogP contribution is 1.92. The lowest BCUT2D eigenvalue weighted by Crippen LogP contribution is -2.31.